The molecule has 0 aliphatic carbocycles. The van der Waals surface area contributed by atoms with Gasteiger partial charge in [-0.15, -0.1) is 0 Å². The van der Waals surface area contributed by atoms with Gasteiger partial charge in [0.2, 0.25) is 0 Å². The van der Waals surface area contributed by atoms with Crippen LogP contribution in [-0.4, -0.2) is 17.5 Å². The fourth-order valence-corrected chi connectivity index (χ4v) is 2.46. The van der Waals surface area contributed by atoms with Gasteiger partial charge in [0.15, 0.2) is 5.17 Å². The van der Waals surface area contributed by atoms with E-state index in [4.69, 9.17) is 0 Å². The molecule has 1 heterocycles. The van der Waals surface area contributed by atoms with E-state index in [-0.39, 0.29) is 0 Å². The maximum absolute atomic E-state index is 4.45. The first kappa shape index (κ1) is 11.5. The van der Waals surface area contributed by atoms with E-state index in [0.717, 1.165) is 24.7 Å². The third kappa shape index (κ3) is 3.27. The lowest BCUT2D eigenvalue weighted by atomic mass is 10.1. The standard InChI is InChI=1S/C13H18N2S/c1-2-11-4-6-12(7-5-11)10-15-13-14-8-3-9-16-13/h4-7H,2-3,8-10H2,1H3,(H,14,15). The van der Waals surface area contributed by atoms with Crippen LogP contribution in [0, 0.1) is 0 Å². The molecule has 0 spiro atoms. The molecule has 1 aromatic carbocycles. The molecule has 0 atom stereocenters. The normalized spacial score (nSPS) is 15.7. The van der Waals surface area contributed by atoms with Crippen molar-refractivity contribution in [2.24, 2.45) is 4.99 Å². The van der Waals surface area contributed by atoms with E-state index in [9.17, 15) is 0 Å². The summed E-state index contributed by atoms with van der Waals surface area (Å²) in [7, 11) is 0. The van der Waals surface area contributed by atoms with Gasteiger partial charge in [0.25, 0.3) is 0 Å². The fourth-order valence-electron chi connectivity index (χ4n) is 1.64. The molecular weight excluding hydrogens is 216 g/mol. The summed E-state index contributed by atoms with van der Waals surface area (Å²) in [4.78, 5) is 4.45. The molecule has 16 heavy (non-hydrogen) atoms. The van der Waals surface area contributed by atoms with Crippen molar-refractivity contribution in [1.29, 1.82) is 0 Å². The van der Waals surface area contributed by atoms with Gasteiger partial charge in [-0.2, -0.15) is 0 Å². The lowest BCUT2D eigenvalue weighted by Crippen LogP contribution is -2.22. The molecule has 0 fully saturated rings. The number of amidine groups is 1. The lowest BCUT2D eigenvalue weighted by Gasteiger charge is -2.13. The number of hydrogen-bond donors (Lipinski definition) is 1. The summed E-state index contributed by atoms with van der Waals surface area (Å²) < 4.78 is 0. The van der Waals surface area contributed by atoms with Crippen LogP contribution >= 0.6 is 11.8 Å². The van der Waals surface area contributed by atoms with Gasteiger partial charge in [0.05, 0.1) is 0 Å². The van der Waals surface area contributed by atoms with Crippen LogP contribution in [0.2, 0.25) is 0 Å². The molecule has 1 N–H and O–H groups in total. The predicted molar refractivity (Wildman–Crippen MR) is 72.0 cm³/mol. The van der Waals surface area contributed by atoms with Crippen molar-refractivity contribution in [3.05, 3.63) is 35.4 Å². The van der Waals surface area contributed by atoms with E-state index in [2.05, 4.69) is 41.5 Å². The van der Waals surface area contributed by atoms with Crippen LogP contribution < -0.4 is 5.32 Å². The van der Waals surface area contributed by atoms with E-state index in [1.807, 2.05) is 11.8 Å². The van der Waals surface area contributed by atoms with Crippen molar-refractivity contribution in [2.45, 2.75) is 26.3 Å². The summed E-state index contributed by atoms with van der Waals surface area (Å²) in [6.07, 6.45) is 2.32. The van der Waals surface area contributed by atoms with Gasteiger partial charge < -0.3 is 5.32 Å². The van der Waals surface area contributed by atoms with Crippen LogP contribution in [0.1, 0.15) is 24.5 Å². The van der Waals surface area contributed by atoms with Gasteiger partial charge in [-0.3, -0.25) is 4.99 Å². The minimum absolute atomic E-state index is 0.885. The summed E-state index contributed by atoms with van der Waals surface area (Å²) in [5, 5.41) is 4.49. The average Bonchev–Trinajstić information content (AvgIpc) is 2.38. The maximum Gasteiger partial charge on any atom is 0.156 e. The van der Waals surface area contributed by atoms with Crippen LogP contribution in [0.3, 0.4) is 0 Å². The van der Waals surface area contributed by atoms with Gasteiger partial charge in [-0.1, -0.05) is 43.0 Å². The zero-order valence-electron chi connectivity index (χ0n) is 9.70. The van der Waals surface area contributed by atoms with E-state index in [1.54, 1.807) is 0 Å². The maximum atomic E-state index is 4.45. The Morgan fingerprint density at radius 2 is 2.00 bits per heavy atom. The first-order chi connectivity index (χ1) is 7.88. The predicted octanol–water partition coefficient (Wildman–Crippen LogP) is 2.83. The molecule has 0 bridgehead atoms. The average molecular weight is 234 g/mol. The Labute approximate surface area is 102 Å². The lowest BCUT2D eigenvalue weighted by molar-refractivity contribution is 0.880. The van der Waals surface area contributed by atoms with E-state index in [1.165, 1.54) is 23.3 Å². The highest BCUT2D eigenvalue weighted by Gasteiger charge is 2.04. The van der Waals surface area contributed by atoms with Crippen molar-refractivity contribution in [3.8, 4) is 0 Å². The van der Waals surface area contributed by atoms with Gasteiger partial charge in [-0.25, -0.2) is 0 Å². The third-order valence-electron chi connectivity index (χ3n) is 2.67. The summed E-state index contributed by atoms with van der Waals surface area (Å²) in [6.45, 7) is 4.04. The van der Waals surface area contributed by atoms with Crippen LogP contribution in [0.5, 0.6) is 0 Å². The van der Waals surface area contributed by atoms with Crippen molar-refractivity contribution < 1.29 is 0 Å². The van der Waals surface area contributed by atoms with Gasteiger partial charge in [0.1, 0.15) is 0 Å². The van der Waals surface area contributed by atoms with Crippen molar-refractivity contribution in [2.75, 3.05) is 12.3 Å². The largest absolute Gasteiger partial charge is 0.361 e. The number of thioether (sulfide) groups is 1. The number of aliphatic imine (C=N–C) groups is 1. The highest BCUT2D eigenvalue weighted by molar-refractivity contribution is 8.13. The molecule has 0 unspecified atom stereocenters. The molecule has 0 saturated heterocycles. The van der Waals surface area contributed by atoms with E-state index < -0.39 is 0 Å². The van der Waals surface area contributed by atoms with Crippen molar-refractivity contribution >= 4 is 16.9 Å². The van der Waals surface area contributed by atoms with Crippen LogP contribution in [0.25, 0.3) is 0 Å². The van der Waals surface area contributed by atoms with Crippen LogP contribution in [0.4, 0.5) is 0 Å². The molecule has 1 aliphatic rings. The Hall–Kier alpha value is -0.960. The highest BCUT2D eigenvalue weighted by Crippen LogP contribution is 2.11. The minimum atomic E-state index is 0.885. The second-order valence-corrected chi connectivity index (χ2v) is 5.00. The third-order valence-corrected chi connectivity index (χ3v) is 3.71. The summed E-state index contributed by atoms with van der Waals surface area (Å²) in [5.41, 5.74) is 2.72. The SMILES string of the molecule is CCc1ccc(CNC2=NCCCS2)cc1. The Balaban J connectivity index is 1.86. The fraction of sp³-hybridized carbons (Fsp3) is 0.462. The number of nitrogens with zero attached hydrogens (tertiary/aromatic N) is 1. The number of nitrogens with one attached hydrogen (secondary N) is 1. The van der Waals surface area contributed by atoms with Gasteiger partial charge >= 0.3 is 0 Å². The molecule has 0 aromatic heterocycles. The van der Waals surface area contributed by atoms with Crippen LogP contribution in [-0.2, 0) is 13.0 Å². The minimum Gasteiger partial charge on any atom is -0.361 e. The molecule has 0 radical (unpaired) electrons. The molecule has 1 aliphatic heterocycles. The highest BCUT2D eigenvalue weighted by atomic mass is 32.2. The zero-order chi connectivity index (χ0) is 11.2. The Kier molecular flexibility index (Phi) is 4.28. The Bertz CT molecular complexity index is 357. The number of hydrogen-bond acceptors (Lipinski definition) is 3. The molecule has 0 saturated carbocycles. The van der Waals surface area contributed by atoms with Crippen molar-refractivity contribution in [1.82, 2.24) is 5.32 Å². The first-order valence-electron chi connectivity index (χ1n) is 5.87. The van der Waals surface area contributed by atoms with E-state index in [0.29, 0.717) is 0 Å². The van der Waals surface area contributed by atoms with E-state index >= 15 is 0 Å². The smallest absolute Gasteiger partial charge is 0.156 e. The van der Waals surface area contributed by atoms with Crippen LogP contribution in [0.15, 0.2) is 29.3 Å². The number of benzene rings is 1. The molecule has 0 amide bonds. The second-order valence-electron chi connectivity index (χ2n) is 3.91. The zero-order valence-corrected chi connectivity index (χ0v) is 10.5. The van der Waals surface area contributed by atoms with Crippen molar-refractivity contribution in [3.63, 3.8) is 0 Å². The first-order valence-corrected chi connectivity index (χ1v) is 6.86. The molecule has 86 valence electrons. The molecule has 1 aromatic rings. The Morgan fingerprint density at radius 3 is 2.62 bits per heavy atom. The van der Waals surface area contributed by atoms with Gasteiger partial charge in [-0.05, 0) is 24.0 Å². The monoisotopic (exact) mass is 234 g/mol. The number of rotatable bonds is 3. The molecule has 2 nitrogen and oxygen atoms in total. The second kappa shape index (κ2) is 5.94. The molecule has 3 heteroatoms. The number of aryl methyl sites for hydroxylation is 1. The topological polar surface area (TPSA) is 24.4 Å². The summed E-state index contributed by atoms with van der Waals surface area (Å²) in [5.74, 6) is 1.20. The summed E-state index contributed by atoms with van der Waals surface area (Å²) >= 11 is 1.83. The Morgan fingerprint density at radius 1 is 1.25 bits per heavy atom. The molecular formula is C13H18N2S. The van der Waals surface area contributed by atoms with Gasteiger partial charge in [0, 0.05) is 18.8 Å². The summed E-state index contributed by atoms with van der Waals surface area (Å²) in [6, 6.07) is 8.79. The quantitative estimate of drug-likeness (QED) is 0.869. The molecule has 2 rings (SSSR count).